The van der Waals surface area contributed by atoms with Crippen molar-refractivity contribution in [2.75, 3.05) is 18.1 Å². The first kappa shape index (κ1) is 16.3. The highest BCUT2D eigenvalue weighted by Gasteiger charge is 2.35. The molecule has 1 aliphatic rings. The molecule has 7 nitrogen and oxygen atoms in total. The third kappa shape index (κ3) is 3.15. The SMILES string of the molecule is CCOc1ccc(N2C[C@@H](c3nc(-c4ccccn4)no3)CC2=O)cc1. The third-order valence-corrected chi connectivity index (χ3v) is 4.27. The molecular weight excluding hydrogens is 332 g/mol. The van der Waals surface area contributed by atoms with Crippen molar-refractivity contribution >= 4 is 11.6 Å². The first-order valence-corrected chi connectivity index (χ1v) is 8.53. The third-order valence-electron chi connectivity index (χ3n) is 4.27. The van der Waals surface area contributed by atoms with Gasteiger partial charge in [0.1, 0.15) is 11.4 Å². The Morgan fingerprint density at radius 1 is 1.23 bits per heavy atom. The van der Waals surface area contributed by atoms with Gasteiger partial charge in [0.05, 0.1) is 12.5 Å². The van der Waals surface area contributed by atoms with Gasteiger partial charge in [0, 0.05) is 24.8 Å². The molecule has 0 N–H and O–H groups in total. The summed E-state index contributed by atoms with van der Waals surface area (Å²) in [6.07, 6.45) is 2.02. The van der Waals surface area contributed by atoms with E-state index < -0.39 is 0 Å². The predicted octanol–water partition coefficient (Wildman–Crippen LogP) is 3.05. The van der Waals surface area contributed by atoms with Gasteiger partial charge in [0.25, 0.3) is 0 Å². The Morgan fingerprint density at radius 3 is 2.81 bits per heavy atom. The number of carbonyl (C=O) groups is 1. The molecule has 4 rings (SSSR count). The van der Waals surface area contributed by atoms with E-state index in [1.165, 1.54) is 0 Å². The first-order chi connectivity index (χ1) is 12.7. The number of nitrogens with zero attached hydrogens (tertiary/aromatic N) is 4. The zero-order chi connectivity index (χ0) is 17.9. The minimum Gasteiger partial charge on any atom is -0.494 e. The maximum absolute atomic E-state index is 12.4. The molecule has 1 fully saturated rings. The van der Waals surface area contributed by atoms with E-state index in [-0.39, 0.29) is 11.8 Å². The van der Waals surface area contributed by atoms with Crippen LogP contribution in [0.2, 0.25) is 0 Å². The van der Waals surface area contributed by atoms with Crippen LogP contribution >= 0.6 is 0 Å². The second-order valence-corrected chi connectivity index (χ2v) is 6.00. The highest BCUT2D eigenvalue weighted by Crippen LogP contribution is 2.32. The fraction of sp³-hybridized carbons (Fsp3) is 0.263. The van der Waals surface area contributed by atoms with Gasteiger partial charge in [0.15, 0.2) is 0 Å². The minimum absolute atomic E-state index is 0.0387. The van der Waals surface area contributed by atoms with E-state index in [9.17, 15) is 4.79 Å². The second kappa shape index (κ2) is 6.95. The summed E-state index contributed by atoms with van der Waals surface area (Å²) in [4.78, 5) is 22.8. The van der Waals surface area contributed by atoms with E-state index in [0.717, 1.165) is 11.4 Å². The van der Waals surface area contributed by atoms with Crippen molar-refractivity contribution in [2.45, 2.75) is 19.3 Å². The number of amides is 1. The minimum atomic E-state index is -0.126. The largest absolute Gasteiger partial charge is 0.494 e. The second-order valence-electron chi connectivity index (χ2n) is 6.00. The molecule has 0 unspecified atom stereocenters. The normalized spacial score (nSPS) is 16.9. The quantitative estimate of drug-likeness (QED) is 0.703. The molecule has 132 valence electrons. The number of anilines is 1. The lowest BCUT2D eigenvalue weighted by Gasteiger charge is -2.16. The van der Waals surface area contributed by atoms with Gasteiger partial charge in [-0.3, -0.25) is 9.78 Å². The van der Waals surface area contributed by atoms with Crippen LogP contribution in [0.3, 0.4) is 0 Å². The topological polar surface area (TPSA) is 81.3 Å². The zero-order valence-electron chi connectivity index (χ0n) is 14.3. The van der Waals surface area contributed by atoms with Crippen LogP contribution in [0.5, 0.6) is 5.75 Å². The summed E-state index contributed by atoms with van der Waals surface area (Å²) in [5.74, 6) is 1.60. The molecule has 1 aromatic carbocycles. The lowest BCUT2D eigenvalue weighted by atomic mass is 10.1. The Bertz CT molecular complexity index is 893. The molecule has 0 aliphatic carbocycles. The van der Waals surface area contributed by atoms with Crippen molar-refractivity contribution < 1.29 is 14.1 Å². The molecule has 1 amide bonds. The van der Waals surface area contributed by atoms with E-state index in [0.29, 0.717) is 37.0 Å². The number of ether oxygens (including phenoxy) is 1. The molecular formula is C19H18N4O3. The summed E-state index contributed by atoms with van der Waals surface area (Å²) in [6, 6.07) is 13.0. The van der Waals surface area contributed by atoms with Crippen LogP contribution in [0.25, 0.3) is 11.5 Å². The van der Waals surface area contributed by atoms with E-state index in [4.69, 9.17) is 9.26 Å². The van der Waals surface area contributed by atoms with Gasteiger partial charge < -0.3 is 14.2 Å². The lowest BCUT2D eigenvalue weighted by Crippen LogP contribution is -2.24. The zero-order valence-corrected chi connectivity index (χ0v) is 14.3. The van der Waals surface area contributed by atoms with Gasteiger partial charge >= 0.3 is 0 Å². The predicted molar refractivity (Wildman–Crippen MR) is 94.9 cm³/mol. The molecule has 26 heavy (non-hydrogen) atoms. The maximum Gasteiger partial charge on any atom is 0.232 e. The summed E-state index contributed by atoms with van der Waals surface area (Å²) in [6.45, 7) is 3.06. The number of rotatable bonds is 5. The lowest BCUT2D eigenvalue weighted by molar-refractivity contribution is -0.117. The summed E-state index contributed by atoms with van der Waals surface area (Å²) in [5, 5.41) is 3.99. The van der Waals surface area contributed by atoms with Crippen molar-refractivity contribution in [2.24, 2.45) is 0 Å². The number of hydrogen-bond acceptors (Lipinski definition) is 6. The van der Waals surface area contributed by atoms with Crippen LogP contribution in [0.15, 0.2) is 53.2 Å². The van der Waals surface area contributed by atoms with Crippen molar-refractivity contribution in [1.29, 1.82) is 0 Å². The average Bonchev–Trinajstić information content (AvgIpc) is 3.30. The number of benzene rings is 1. The fourth-order valence-corrected chi connectivity index (χ4v) is 3.01. The summed E-state index contributed by atoms with van der Waals surface area (Å²) < 4.78 is 10.8. The fourth-order valence-electron chi connectivity index (χ4n) is 3.01. The van der Waals surface area contributed by atoms with Crippen LogP contribution in [-0.4, -0.2) is 34.2 Å². The van der Waals surface area contributed by atoms with E-state index in [1.54, 1.807) is 11.1 Å². The Balaban J connectivity index is 1.50. The molecule has 3 heterocycles. The van der Waals surface area contributed by atoms with Crippen molar-refractivity contribution in [3.05, 3.63) is 54.6 Å². The molecule has 1 aliphatic heterocycles. The van der Waals surface area contributed by atoms with Crippen molar-refractivity contribution in [3.8, 4) is 17.3 Å². The number of pyridine rings is 1. The van der Waals surface area contributed by atoms with Crippen molar-refractivity contribution in [1.82, 2.24) is 15.1 Å². The standard InChI is InChI=1S/C19H18N4O3/c1-2-25-15-8-6-14(7-9-15)23-12-13(11-17(23)24)19-21-18(22-26-19)16-5-3-4-10-20-16/h3-10,13H,2,11-12H2,1H3/t13-/m0/s1. The van der Waals surface area contributed by atoms with Crippen LogP contribution in [0.1, 0.15) is 25.2 Å². The summed E-state index contributed by atoms with van der Waals surface area (Å²) in [5.41, 5.74) is 1.49. The Kier molecular flexibility index (Phi) is 4.35. The van der Waals surface area contributed by atoms with Gasteiger partial charge in [-0.05, 0) is 43.3 Å². The van der Waals surface area contributed by atoms with Gasteiger partial charge in [-0.25, -0.2) is 0 Å². The van der Waals surface area contributed by atoms with Crippen LogP contribution in [0, 0.1) is 0 Å². The molecule has 0 bridgehead atoms. The molecule has 0 saturated carbocycles. The Hall–Kier alpha value is -3.22. The molecule has 2 aromatic heterocycles. The molecule has 1 saturated heterocycles. The maximum atomic E-state index is 12.4. The van der Waals surface area contributed by atoms with Gasteiger partial charge in [-0.15, -0.1) is 0 Å². The van der Waals surface area contributed by atoms with Crippen molar-refractivity contribution in [3.63, 3.8) is 0 Å². The average molecular weight is 350 g/mol. The highest BCUT2D eigenvalue weighted by molar-refractivity contribution is 5.96. The monoisotopic (exact) mass is 350 g/mol. The van der Waals surface area contributed by atoms with Gasteiger partial charge in [0.2, 0.25) is 17.6 Å². The number of aromatic nitrogens is 3. The smallest absolute Gasteiger partial charge is 0.232 e. The molecule has 3 aromatic rings. The number of carbonyl (C=O) groups excluding carboxylic acids is 1. The number of hydrogen-bond donors (Lipinski definition) is 0. The molecule has 7 heteroatoms. The highest BCUT2D eigenvalue weighted by atomic mass is 16.5. The van der Waals surface area contributed by atoms with Crippen LogP contribution < -0.4 is 9.64 Å². The van der Waals surface area contributed by atoms with Gasteiger partial charge in [-0.2, -0.15) is 4.98 Å². The Labute approximate surface area is 150 Å². The van der Waals surface area contributed by atoms with Gasteiger partial charge in [-0.1, -0.05) is 11.2 Å². The summed E-state index contributed by atoms with van der Waals surface area (Å²) >= 11 is 0. The van der Waals surface area contributed by atoms with Crippen LogP contribution in [0.4, 0.5) is 5.69 Å². The van der Waals surface area contributed by atoms with E-state index in [2.05, 4.69) is 15.1 Å². The molecule has 1 atom stereocenters. The molecule has 0 spiro atoms. The molecule has 0 radical (unpaired) electrons. The van der Waals surface area contributed by atoms with E-state index in [1.807, 2.05) is 49.4 Å². The van der Waals surface area contributed by atoms with Crippen LogP contribution in [-0.2, 0) is 4.79 Å². The Morgan fingerprint density at radius 2 is 2.08 bits per heavy atom. The van der Waals surface area contributed by atoms with E-state index >= 15 is 0 Å². The summed E-state index contributed by atoms with van der Waals surface area (Å²) in [7, 11) is 0. The first-order valence-electron chi connectivity index (χ1n) is 8.53.